The third-order valence-electron chi connectivity index (χ3n) is 5.26. The van der Waals surface area contributed by atoms with Gasteiger partial charge in [-0.3, -0.25) is 9.69 Å². The second kappa shape index (κ2) is 11.2. The highest BCUT2D eigenvalue weighted by Gasteiger charge is 2.27. The van der Waals surface area contributed by atoms with Crippen molar-refractivity contribution in [2.75, 3.05) is 72.1 Å². The average molecular weight is 394 g/mol. The smallest absolute Gasteiger partial charge is 0.372 e. The molecule has 1 N–H and O–H groups in total. The summed E-state index contributed by atoms with van der Waals surface area (Å²) in [6, 6.07) is 0.290. The second-order valence-electron chi connectivity index (χ2n) is 7.42. The maximum atomic E-state index is 12.2. The molecule has 0 bridgehead atoms. The molecular formula is C18H33F3N4O2. The van der Waals surface area contributed by atoms with Crippen molar-refractivity contribution in [2.24, 2.45) is 0 Å². The lowest BCUT2D eigenvalue weighted by molar-refractivity contribution is -0.174. The predicted molar refractivity (Wildman–Crippen MR) is 97.6 cm³/mol. The van der Waals surface area contributed by atoms with Crippen LogP contribution in [0.2, 0.25) is 0 Å². The number of nitrogens with one attached hydrogen (secondary N) is 1. The van der Waals surface area contributed by atoms with Crippen LogP contribution in [-0.4, -0.2) is 105 Å². The highest BCUT2D eigenvalue weighted by Crippen LogP contribution is 2.14. The molecular weight excluding hydrogens is 361 g/mol. The van der Waals surface area contributed by atoms with Gasteiger partial charge >= 0.3 is 6.18 Å². The van der Waals surface area contributed by atoms with Gasteiger partial charge in [0.25, 0.3) is 0 Å². The molecule has 0 atom stereocenters. The molecule has 0 aromatic heterocycles. The quantitative estimate of drug-likeness (QED) is 0.595. The lowest BCUT2D eigenvalue weighted by Gasteiger charge is -2.35. The number of rotatable bonds is 9. The van der Waals surface area contributed by atoms with E-state index in [9.17, 15) is 18.0 Å². The van der Waals surface area contributed by atoms with E-state index in [0.717, 1.165) is 65.2 Å². The van der Waals surface area contributed by atoms with Crippen LogP contribution in [0.1, 0.15) is 26.2 Å². The van der Waals surface area contributed by atoms with E-state index in [1.165, 1.54) is 0 Å². The molecule has 0 spiro atoms. The minimum atomic E-state index is -4.25. The number of carbonyl (C=O) groups excluding carboxylic acids is 1. The number of likely N-dealkylation sites (tertiary alicyclic amines) is 1. The molecule has 158 valence electrons. The Morgan fingerprint density at radius 3 is 2.26 bits per heavy atom. The highest BCUT2D eigenvalue weighted by atomic mass is 19.4. The van der Waals surface area contributed by atoms with Crippen LogP contribution < -0.4 is 5.32 Å². The number of carbonyl (C=O) groups is 1. The second-order valence-corrected chi connectivity index (χ2v) is 7.42. The number of amides is 1. The number of hydrogen-bond acceptors (Lipinski definition) is 5. The maximum absolute atomic E-state index is 12.2. The van der Waals surface area contributed by atoms with Crippen LogP contribution in [0, 0.1) is 0 Å². The molecule has 0 unspecified atom stereocenters. The SMILES string of the molecule is CCN1CCC(NC(=O)CN2CCN(CCCOCC(F)(F)F)CC2)CC1. The summed E-state index contributed by atoms with van der Waals surface area (Å²) in [6.07, 6.45) is -1.63. The zero-order chi connectivity index (χ0) is 19.7. The van der Waals surface area contributed by atoms with Crippen LogP contribution in [0.15, 0.2) is 0 Å². The number of alkyl halides is 3. The Morgan fingerprint density at radius 2 is 1.67 bits per heavy atom. The van der Waals surface area contributed by atoms with E-state index in [2.05, 4.69) is 31.7 Å². The van der Waals surface area contributed by atoms with Gasteiger partial charge in [0.2, 0.25) is 5.91 Å². The normalized spacial score (nSPS) is 21.5. The van der Waals surface area contributed by atoms with Crippen molar-refractivity contribution in [3.8, 4) is 0 Å². The minimum absolute atomic E-state index is 0.0962. The van der Waals surface area contributed by atoms with Crippen LogP contribution in [-0.2, 0) is 9.53 Å². The summed E-state index contributed by atoms with van der Waals surface area (Å²) >= 11 is 0. The molecule has 2 fully saturated rings. The van der Waals surface area contributed by atoms with E-state index in [-0.39, 0.29) is 12.5 Å². The van der Waals surface area contributed by atoms with Gasteiger partial charge in [-0.15, -0.1) is 0 Å². The first-order chi connectivity index (χ1) is 12.9. The maximum Gasteiger partial charge on any atom is 0.411 e. The predicted octanol–water partition coefficient (Wildman–Crippen LogP) is 1.17. The minimum Gasteiger partial charge on any atom is -0.372 e. The topological polar surface area (TPSA) is 48.1 Å². The van der Waals surface area contributed by atoms with Gasteiger partial charge in [0.15, 0.2) is 0 Å². The first kappa shape index (κ1) is 22.4. The van der Waals surface area contributed by atoms with Crippen LogP contribution in [0.4, 0.5) is 13.2 Å². The highest BCUT2D eigenvalue weighted by molar-refractivity contribution is 5.78. The van der Waals surface area contributed by atoms with Crippen molar-refractivity contribution < 1.29 is 22.7 Å². The molecule has 0 radical (unpaired) electrons. The molecule has 9 heteroatoms. The molecule has 2 aliphatic heterocycles. The average Bonchev–Trinajstić information content (AvgIpc) is 2.62. The van der Waals surface area contributed by atoms with Gasteiger partial charge in [-0.05, 0) is 25.8 Å². The van der Waals surface area contributed by atoms with E-state index in [4.69, 9.17) is 0 Å². The number of ether oxygens (including phenoxy) is 1. The molecule has 0 saturated carbocycles. The van der Waals surface area contributed by atoms with Gasteiger partial charge < -0.3 is 19.9 Å². The molecule has 2 rings (SSSR count). The summed E-state index contributed by atoms with van der Waals surface area (Å²) in [5.74, 6) is 0.0962. The first-order valence-electron chi connectivity index (χ1n) is 9.96. The van der Waals surface area contributed by atoms with E-state index >= 15 is 0 Å². The number of nitrogens with zero attached hydrogens (tertiary/aromatic N) is 3. The van der Waals surface area contributed by atoms with Gasteiger partial charge in [0, 0.05) is 58.5 Å². The molecule has 0 aromatic carbocycles. The van der Waals surface area contributed by atoms with Crippen LogP contribution in [0.5, 0.6) is 0 Å². The fourth-order valence-corrected chi connectivity index (χ4v) is 3.62. The van der Waals surface area contributed by atoms with Crippen LogP contribution in [0.25, 0.3) is 0 Å². The van der Waals surface area contributed by atoms with E-state index in [1.54, 1.807) is 0 Å². The zero-order valence-electron chi connectivity index (χ0n) is 16.3. The standard InChI is InChI=1S/C18H33F3N4O2/c1-2-23-7-4-16(5-8-23)22-17(26)14-25-11-9-24(10-12-25)6-3-13-27-15-18(19,20)21/h16H,2-15H2,1H3,(H,22,26). The van der Waals surface area contributed by atoms with Crippen molar-refractivity contribution in [3.05, 3.63) is 0 Å². The Hall–Kier alpha value is -0.900. The Kier molecular flexibility index (Phi) is 9.28. The summed E-state index contributed by atoms with van der Waals surface area (Å²) in [5, 5.41) is 3.15. The third-order valence-corrected chi connectivity index (χ3v) is 5.26. The van der Waals surface area contributed by atoms with Crippen molar-refractivity contribution >= 4 is 5.91 Å². The Labute approximate surface area is 160 Å². The summed E-state index contributed by atoms with van der Waals surface area (Å²) < 4.78 is 40.6. The summed E-state index contributed by atoms with van der Waals surface area (Å²) in [6.45, 7) is 8.73. The van der Waals surface area contributed by atoms with Crippen molar-refractivity contribution in [1.82, 2.24) is 20.0 Å². The Bertz CT molecular complexity index is 435. The van der Waals surface area contributed by atoms with Gasteiger partial charge in [-0.1, -0.05) is 6.92 Å². The molecule has 2 heterocycles. The van der Waals surface area contributed by atoms with Crippen LogP contribution in [0.3, 0.4) is 0 Å². The largest absolute Gasteiger partial charge is 0.411 e. The molecule has 2 aliphatic rings. The summed E-state index contributed by atoms with van der Waals surface area (Å²) in [7, 11) is 0. The van der Waals surface area contributed by atoms with Gasteiger partial charge in [-0.25, -0.2) is 0 Å². The van der Waals surface area contributed by atoms with Crippen molar-refractivity contribution in [2.45, 2.75) is 38.4 Å². The lowest BCUT2D eigenvalue weighted by atomic mass is 10.1. The summed E-state index contributed by atoms with van der Waals surface area (Å²) in [4.78, 5) is 19.0. The van der Waals surface area contributed by atoms with Gasteiger partial charge in [0.1, 0.15) is 6.61 Å². The molecule has 0 aliphatic carbocycles. The monoisotopic (exact) mass is 394 g/mol. The van der Waals surface area contributed by atoms with Crippen molar-refractivity contribution in [1.29, 1.82) is 0 Å². The zero-order valence-corrected chi connectivity index (χ0v) is 16.3. The molecule has 2 saturated heterocycles. The summed E-state index contributed by atoms with van der Waals surface area (Å²) in [5.41, 5.74) is 0. The number of halogens is 3. The number of piperidine rings is 1. The van der Waals surface area contributed by atoms with E-state index in [0.29, 0.717) is 19.0 Å². The molecule has 0 aromatic rings. The first-order valence-corrected chi connectivity index (χ1v) is 9.96. The molecule has 6 nitrogen and oxygen atoms in total. The van der Waals surface area contributed by atoms with Gasteiger partial charge in [-0.2, -0.15) is 13.2 Å². The third kappa shape index (κ3) is 9.23. The number of hydrogen-bond donors (Lipinski definition) is 1. The Morgan fingerprint density at radius 1 is 1.04 bits per heavy atom. The van der Waals surface area contributed by atoms with Gasteiger partial charge in [0.05, 0.1) is 6.54 Å². The molecule has 1 amide bonds. The fraction of sp³-hybridized carbons (Fsp3) is 0.944. The number of piperazine rings is 1. The fourth-order valence-electron chi connectivity index (χ4n) is 3.62. The molecule has 27 heavy (non-hydrogen) atoms. The lowest BCUT2D eigenvalue weighted by Crippen LogP contribution is -2.51. The van der Waals surface area contributed by atoms with Crippen LogP contribution >= 0.6 is 0 Å². The van der Waals surface area contributed by atoms with Crippen molar-refractivity contribution in [3.63, 3.8) is 0 Å². The Balaban J connectivity index is 1.52. The van der Waals surface area contributed by atoms with E-state index in [1.807, 2.05) is 0 Å². The van der Waals surface area contributed by atoms with E-state index < -0.39 is 12.8 Å².